The van der Waals surface area contributed by atoms with Crippen molar-refractivity contribution in [3.63, 3.8) is 0 Å². The van der Waals surface area contributed by atoms with Crippen molar-refractivity contribution >= 4 is 57.8 Å². The van der Waals surface area contributed by atoms with Crippen LogP contribution in [0, 0.1) is 11.3 Å². The lowest BCUT2D eigenvalue weighted by Crippen LogP contribution is -2.32. The number of nitrogens with one attached hydrogen (secondary N) is 1. The fraction of sp³-hybridized carbons (Fsp3) is 0.0741. The van der Waals surface area contributed by atoms with Crippen molar-refractivity contribution in [2.75, 3.05) is 11.9 Å². The van der Waals surface area contributed by atoms with Gasteiger partial charge in [0.05, 0.1) is 27.5 Å². The Hall–Kier alpha value is -3.83. The molecular weight excluding hydrogens is 517 g/mol. The highest BCUT2D eigenvalue weighted by molar-refractivity contribution is 7.07. The van der Waals surface area contributed by atoms with Crippen LogP contribution in [0.1, 0.15) is 12.5 Å². The van der Waals surface area contributed by atoms with E-state index < -0.39 is 5.91 Å². The van der Waals surface area contributed by atoms with Crippen molar-refractivity contribution in [3.8, 4) is 17.5 Å². The summed E-state index contributed by atoms with van der Waals surface area (Å²) in [7, 11) is 0. The molecule has 0 spiro atoms. The molecule has 6 nitrogen and oxygen atoms in total. The summed E-state index contributed by atoms with van der Waals surface area (Å²) >= 11 is 13.4. The highest BCUT2D eigenvalue weighted by atomic mass is 35.5. The molecule has 0 radical (unpaired) electrons. The molecule has 1 amide bonds. The summed E-state index contributed by atoms with van der Waals surface area (Å²) in [6.07, 6.45) is 1.65. The maximum Gasteiger partial charge on any atom is 0.273 e. The summed E-state index contributed by atoms with van der Waals surface area (Å²) in [6, 6.07) is 22.6. The Kier molecular flexibility index (Phi) is 7.91. The van der Waals surface area contributed by atoms with E-state index in [-0.39, 0.29) is 15.8 Å². The Balaban J connectivity index is 1.98. The Bertz CT molecular complexity index is 1650. The molecule has 36 heavy (non-hydrogen) atoms. The molecule has 0 bridgehead atoms. The van der Waals surface area contributed by atoms with Crippen LogP contribution in [0.2, 0.25) is 10.0 Å². The van der Waals surface area contributed by atoms with Gasteiger partial charge in [0.25, 0.3) is 11.5 Å². The van der Waals surface area contributed by atoms with Crippen molar-refractivity contribution in [2.45, 2.75) is 6.92 Å². The number of para-hydroxylation sites is 2. The van der Waals surface area contributed by atoms with Crippen LogP contribution in [0.25, 0.3) is 17.3 Å². The third-order valence-corrected chi connectivity index (χ3v) is 6.73. The van der Waals surface area contributed by atoms with Gasteiger partial charge in [0.2, 0.25) is 0 Å². The van der Waals surface area contributed by atoms with E-state index in [9.17, 15) is 14.9 Å². The monoisotopic (exact) mass is 535 g/mol. The second kappa shape index (κ2) is 11.3. The van der Waals surface area contributed by atoms with E-state index in [1.54, 1.807) is 72.8 Å². The van der Waals surface area contributed by atoms with Gasteiger partial charge in [0, 0.05) is 10.6 Å². The molecule has 0 aliphatic heterocycles. The third-order valence-electron chi connectivity index (χ3n) is 5.07. The summed E-state index contributed by atoms with van der Waals surface area (Å²) in [5, 5.41) is 13.4. The number of aromatic nitrogens is 1. The van der Waals surface area contributed by atoms with E-state index in [1.807, 2.05) is 19.1 Å². The van der Waals surface area contributed by atoms with Gasteiger partial charge in [-0.1, -0.05) is 53.5 Å². The van der Waals surface area contributed by atoms with Crippen LogP contribution in [0.4, 0.5) is 5.69 Å². The highest BCUT2D eigenvalue weighted by Crippen LogP contribution is 2.24. The van der Waals surface area contributed by atoms with E-state index in [0.717, 1.165) is 11.3 Å². The fourth-order valence-electron chi connectivity index (χ4n) is 3.46. The zero-order valence-corrected chi connectivity index (χ0v) is 21.3. The van der Waals surface area contributed by atoms with Gasteiger partial charge in [-0.15, -0.1) is 11.3 Å². The summed E-state index contributed by atoms with van der Waals surface area (Å²) in [5.74, 6) is -0.121. The van der Waals surface area contributed by atoms with Gasteiger partial charge in [-0.3, -0.25) is 14.2 Å². The summed E-state index contributed by atoms with van der Waals surface area (Å²) in [6.45, 7) is 2.29. The second-order valence-electron chi connectivity index (χ2n) is 7.43. The first-order valence-corrected chi connectivity index (χ1v) is 12.4. The number of ether oxygens (including phenoxy) is 1. The third kappa shape index (κ3) is 5.37. The molecule has 3 aromatic carbocycles. The lowest BCUT2D eigenvalue weighted by Gasteiger charge is -2.07. The number of halogens is 2. The van der Waals surface area contributed by atoms with E-state index in [0.29, 0.717) is 43.9 Å². The molecule has 0 aliphatic rings. The second-order valence-corrected chi connectivity index (χ2v) is 9.30. The molecular formula is C27H19Cl2N3O3S. The first-order chi connectivity index (χ1) is 17.4. The van der Waals surface area contributed by atoms with Crippen LogP contribution >= 0.6 is 34.5 Å². The van der Waals surface area contributed by atoms with Crippen LogP contribution in [-0.2, 0) is 4.79 Å². The van der Waals surface area contributed by atoms with Crippen molar-refractivity contribution in [2.24, 2.45) is 0 Å². The predicted molar refractivity (Wildman–Crippen MR) is 144 cm³/mol. The van der Waals surface area contributed by atoms with Gasteiger partial charge in [-0.05, 0) is 55.5 Å². The normalized spacial score (nSPS) is 12.1. The molecule has 0 aliphatic carbocycles. The molecule has 0 saturated carbocycles. The van der Waals surface area contributed by atoms with Gasteiger partial charge in [-0.25, -0.2) is 0 Å². The number of carbonyl (C=O) groups excluding carboxylic acids is 1. The van der Waals surface area contributed by atoms with Crippen LogP contribution < -0.4 is 24.8 Å². The largest absolute Gasteiger partial charge is 0.493 e. The summed E-state index contributed by atoms with van der Waals surface area (Å²) < 4.78 is 7.52. The van der Waals surface area contributed by atoms with E-state index >= 15 is 0 Å². The molecule has 0 saturated heterocycles. The Morgan fingerprint density at radius 3 is 2.53 bits per heavy atom. The number of benzene rings is 3. The van der Waals surface area contributed by atoms with Gasteiger partial charge < -0.3 is 10.1 Å². The number of nitrogens with zero attached hydrogens (tertiary/aromatic N) is 2. The standard InChI is InChI=1S/C27H19Cl2N3O3S/c1-2-35-23-13-12-18(28)14-17(23)15-24-26(34)32(19-8-4-3-5-9-19)27(36-24)20(16-30)25(33)31-22-11-7-6-10-21(22)29/h3-15H,2H2,1H3,(H,31,33)/b24-15+,27-20-. The number of carbonyl (C=O) groups is 1. The minimum absolute atomic E-state index is 0.185. The van der Waals surface area contributed by atoms with Crippen LogP contribution in [0.15, 0.2) is 77.6 Å². The van der Waals surface area contributed by atoms with Crippen molar-refractivity contribution in [1.29, 1.82) is 5.26 Å². The molecule has 1 aromatic heterocycles. The Morgan fingerprint density at radius 1 is 1.11 bits per heavy atom. The van der Waals surface area contributed by atoms with Gasteiger partial charge in [0.1, 0.15) is 16.5 Å². The number of hydrogen-bond donors (Lipinski definition) is 1. The molecule has 4 rings (SSSR count). The summed E-state index contributed by atoms with van der Waals surface area (Å²) in [5.41, 5.74) is 0.865. The average molecular weight is 536 g/mol. The lowest BCUT2D eigenvalue weighted by atomic mass is 10.2. The molecule has 0 unspecified atom stereocenters. The number of nitriles is 1. The summed E-state index contributed by atoms with van der Waals surface area (Å²) in [4.78, 5) is 26.8. The first kappa shape index (κ1) is 25.3. The molecule has 0 fully saturated rings. The minimum Gasteiger partial charge on any atom is -0.493 e. The van der Waals surface area contributed by atoms with Crippen molar-refractivity contribution < 1.29 is 9.53 Å². The molecule has 180 valence electrons. The van der Waals surface area contributed by atoms with Crippen molar-refractivity contribution in [3.05, 3.63) is 108 Å². The Morgan fingerprint density at radius 2 is 1.83 bits per heavy atom. The first-order valence-electron chi connectivity index (χ1n) is 10.8. The smallest absolute Gasteiger partial charge is 0.273 e. The number of rotatable bonds is 6. The maximum absolute atomic E-state index is 13.6. The predicted octanol–water partition coefficient (Wildman–Crippen LogP) is 4.75. The number of hydrogen-bond acceptors (Lipinski definition) is 5. The maximum atomic E-state index is 13.6. The zero-order valence-electron chi connectivity index (χ0n) is 19.0. The zero-order chi connectivity index (χ0) is 25.7. The number of anilines is 1. The topological polar surface area (TPSA) is 84.1 Å². The number of thiazole rings is 1. The minimum atomic E-state index is -0.680. The fourth-order valence-corrected chi connectivity index (χ4v) is 4.92. The van der Waals surface area contributed by atoms with Crippen LogP contribution in [0.3, 0.4) is 0 Å². The molecule has 4 aromatic rings. The van der Waals surface area contributed by atoms with Gasteiger partial charge in [0.15, 0.2) is 5.57 Å². The van der Waals surface area contributed by atoms with Crippen LogP contribution in [-0.4, -0.2) is 17.1 Å². The van der Waals surface area contributed by atoms with Crippen LogP contribution in [0.5, 0.6) is 5.75 Å². The molecule has 9 heteroatoms. The van der Waals surface area contributed by atoms with Crippen molar-refractivity contribution in [1.82, 2.24) is 4.57 Å². The SMILES string of the molecule is CCOc1ccc(Cl)cc1/C=c1/s/c(=C(/C#N)C(=O)Nc2ccccc2Cl)n(-c2ccccc2)c1=O. The van der Waals surface area contributed by atoms with E-state index in [4.69, 9.17) is 27.9 Å². The number of amides is 1. The molecule has 0 atom stereocenters. The Labute approximate surface area is 220 Å². The quantitative estimate of drug-likeness (QED) is 0.386. The lowest BCUT2D eigenvalue weighted by molar-refractivity contribution is -0.111. The van der Waals surface area contributed by atoms with Gasteiger partial charge in [-0.2, -0.15) is 5.26 Å². The van der Waals surface area contributed by atoms with Gasteiger partial charge >= 0.3 is 0 Å². The van der Waals surface area contributed by atoms with E-state index in [2.05, 4.69) is 5.32 Å². The molecule has 1 heterocycles. The average Bonchev–Trinajstić information content (AvgIpc) is 3.18. The van der Waals surface area contributed by atoms with E-state index in [1.165, 1.54) is 4.57 Å². The highest BCUT2D eigenvalue weighted by Gasteiger charge is 2.18. The molecule has 1 N–H and O–H groups in total.